The van der Waals surface area contributed by atoms with E-state index in [1.807, 2.05) is 18.2 Å². The molecule has 1 heterocycles. The first kappa shape index (κ1) is 22.6. The minimum atomic E-state index is -0.847. The van der Waals surface area contributed by atoms with Crippen LogP contribution in [0.5, 0.6) is 5.75 Å². The molecule has 0 N–H and O–H groups in total. The number of methoxy groups -OCH3 is 1. The third kappa shape index (κ3) is 4.50. The summed E-state index contributed by atoms with van der Waals surface area (Å²) in [6.45, 7) is -0.675. The van der Waals surface area contributed by atoms with E-state index in [9.17, 15) is 19.2 Å². The van der Waals surface area contributed by atoms with E-state index in [1.165, 1.54) is 9.80 Å². The van der Waals surface area contributed by atoms with E-state index in [0.717, 1.165) is 29.7 Å². The lowest BCUT2D eigenvalue weighted by molar-refractivity contribution is -0.153. The van der Waals surface area contributed by atoms with Crippen molar-refractivity contribution in [1.29, 1.82) is 0 Å². The van der Waals surface area contributed by atoms with Crippen LogP contribution in [0.2, 0.25) is 0 Å². The number of likely N-dealkylation sites (N-methyl/N-ethyl adjacent to an activating group) is 2. The van der Waals surface area contributed by atoms with Gasteiger partial charge in [0, 0.05) is 26.2 Å². The number of hydrogen-bond acceptors (Lipinski definition) is 6. The second-order valence-electron chi connectivity index (χ2n) is 8.05. The fourth-order valence-corrected chi connectivity index (χ4v) is 4.28. The molecular formula is C22H29N3O6. The van der Waals surface area contributed by atoms with Crippen LogP contribution < -0.4 is 4.74 Å². The van der Waals surface area contributed by atoms with Crippen molar-refractivity contribution in [3.05, 3.63) is 29.8 Å². The number of esters is 1. The van der Waals surface area contributed by atoms with Crippen LogP contribution in [0.1, 0.15) is 37.7 Å². The van der Waals surface area contributed by atoms with Gasteiger partial charge in [0.25, 0.3) is 11.8 Å². The Hall–Kier alpha value is -3.10. The Balaban J connectivity index is 1.53. The van der Waals surface area contributed by atoms with E-state index in [-0.39, 0.29) is 12.5 Å². The van der Waals surface area contributed by atoms with Crippen LogP contribution >= 0.6 is 0 Å². The second kappa shape index (κ2) is 9.36. The highest BCUT2D eigenvalue weighted by Gasteiger charge is 2.55. The molecule has 4 amide bonds. The predicted molar refractivity (Wildman–Crippen MR) is 111 cm³/mol. The molecule has 3 rings (SSSR count). The van der Waals surface area contributed by atoms with Crippen LogP contribution in [-0.4, -0.2) is 78.4 Å². The molecule has 1 saturated heterocycles. The average molecular weight is 431 g/mol. The SMILES string of the molecule is COc1ccccc1CN(C)C(=O)COC(=O)CN1C(=O)N(C)C2(CCCCC2)C1=O. The van der Waals surface area contributed by atoms with E-state index in [4.69, 9.17) is 9.47 Å². The van der Waals surface area contributed by atoms with E-state index in [1.54, 1.807) is 27.3 Å². The molecule has 0 radical (unpaired) electrons. The van der Waals surface area contributed by atoms with Gasteiger partial charge in [-0.2, -0.15) is 0 Å². The number of urea groups is 1. The number of ether oxygens (including phenoxy) is 2. The van der Waals surface area contributed by atoms with Crippen LogP contribution in [0.25, 0.3) is 0 Å². The number of rotatable bonds is 7. The zero-order chi connectivity index (χ0) is 22.6. The summed E-state index contributed by atoms with van der Waals surface area (Å²) in [4.78, 5) is 53.9. The minimum absolute atomic E-state index is 0.289. The lowest BCUT2D eigenvalue weighted by Gasteiger charge is -2.35. The third-order valence-electron chi connectivity index (χ3n) is 6.15. The van der Waals surface area contributed by atoms with Crippen molar-refractivity contribution in [3.8, 4) is 5.75 Å². The van der Waals surface area contributed by atoms with Gasteiger partial charge in [-0.15, -0.1) is 0 Å². The number of carbonyl (C=O) groups excluding carboxylic acids is 4. The Morgan fingerprint density at radius 2 is 1.81 bits per heavy atom. The minimum Gasteiger partial charge on any atom is -0.496 e. The summed E-state index contributed by atoms with van der Waals surface area (Å²) in [7, 11) is 4.75. The van der Waals surface area contributed by atoms with Gasteiger partial charge < -0.3 is 19.3 Å². The quantitative estimate of drug-likeness (QED) is 0.482. The van der Waals surface area contributed by atoms with E-state index in [2.05, 4.69) is 0 Å². The van der Waals surface area contributed by atoms with Crippen molar-refractivity contribution in [2.45, 2.75) is 44.2 Å². The van der Waals surface area contributed by atoms with E-state index in [0.29, 0.717) is 18.6 Å². The predicted octanol–water partition coefficient (Wildman–Crippen LogP) is 1.79. The van der Waals surface area contributed by atoms with Crippen molar-refractivity contribution in [2.24, 2.45) is 0 Å². The molecule has 1 saturated carbocycles. The molecule has 31 heavy (non-hydrogen) atoms. The third-order valence-corrected chi connectivity index (χ3v) is 6.15. The second-order valence-corrected chi connectivity index (χ2v) is 8.05. The highest BCUT2D eigenvalue weighted by molar-refractivity contribution is 6.08. The van der Waals surface area contributed by atoms with Crippen LogP contribution in [0, 0.1) is 0 Å². The Morgan fingerprint density at radius 3 is 2.48 bits per heavy atom. The normalized spacial score (nSPS) is 17.8. The molecule has 1 aliphatic heterocycles. The lowest BCUT2D eigenvalue weighted by atomic mass is 9.81. The smallest absolute Gasteiger partial charge is 0.327 e. The number of carbonyl (C=O) groups is 4. The molecule has 2 aliphatic rings. The topological polar surface area (TPSA) is 96.5 Å². The first-order valence-electron chi connectivity index (χ1n) is 10.4. The number of imide groups is 1. The average Bonchev–Trinajstić information content (AvgIpc) is 2.94. The summed E-state index contributed by atoms with van der Waals surface area (Å²) in [6, 6.07) is 6.83. The van der Waals surface area contributed by atoms with Crippen LogP contribution in [0.4, 0.5) is 4.79 Å². The van der Waals surface area contributed by atoms with Gasteiger partial charge in [0.2, 0.25) is 0 Å². The molecule has 168 valence electrons. The monoisotopic (exact) mass is 431 g/mol. The Morgan fingerprint density at radius 1 is 1.13 bits per heavy atom. The summed E-state index contributed by atoms with van der Waals surface area (Å²) in [5.74, 6) is -0.886. The first-order valence-corrected chi connectivity index (χ1v) is 10.4. The lowest BCUT2D eigenvalue weighted by Crippen LogP contribution is -2.49. The van der Waals surface area contributed by atoms with Gasteiger partial charge in [-0.1, -0.05) is 37.5 Å². The van der Waals surface area contributed by atoms with E-state index < -0.39 is 36.6 Å². The van der Waals surface area contributed by atoms with Crippen molar-refractivity contribution in [2.75, 3.05) is 34.4 Å². The van der Waals surface area contributed by atoms with Gasteiger partial charge in [0.05, 0.1) is 7.11 Å². The molecule has 1 aromatic rings. The standard InChI is InChI=1S/C22H29N3O6/c1-23(13-16-9-5-6-10-17(16)30-3)18(26)15-31-19(27)14-25-20(28)22(24(2)21(25)29)11-7-4-8-12-22/h5-6,9-10H,4,7-8,11-15H2,1-3H3. The van der Waals surface area contributed by atoms with Crippen molar-refractivity contribution >= 4 is 23.8 Å². The number of amides is 4. The molecule has 0 unspecified atom stereocenters. The largest absolute Gasteiger partial charge is 0.496 e. The zero-order valence-corrected chi connectivity index (χ0v) is 18.3. The molecule has 2 fully saturated rings. The zero-order valence-electron chi connectivity index (χ0n) is 18.3. The Kier molecular flexibility index (Phi) is 6.82. The molecule has 1 aromatic carbocycles. The first-order chi connectivity index (χ1) is 14.8. The van der Waals surface area contributed by atoms with Gasteiger partial charge >= 0.3 is 12.0 Å². The summed E-state index contributed by atoms with van der Waals surface area (Å²) in [5.41, 5.74) is -0.0262. The number of para-hydroxylation sites is 1. The molecule has 0 aromatic heterocycles. The molecule has 1 spiro atoms. The maximum Gasteiger partial charge on any atom is 0.327 e. The van der Waals surface area contributed by atoms with Gasteiger partial charge in [-0.25, -0.2) is 4.79 Å². The molecule has 1 aliphatic carbocycles. The molecular weight excluding hydrogens is 402 g/mol. The fraction of sp³-hybridized carbons (Fsp3) is 0.545. The van der Waals surface area contributed by atoms with E-state index >= 15 is 0 Å². The molecule has 9 nitrogen and oxygen atoms in total. The van der Waals surface area contributed by atoms with Crippen LogP contribution in [0.15, 0.2) is 24.3 Å². The van der Waals surface area contributed by atoms with Crippen molar-refractivity contribution < 1.29 is 28.7 Å². The van der Waals surface area contributed by atoms with Gasteiger partial charge in [-0.05, 0) is 18.9 Å². The summed E-state index contributed by atoms with van der Waals surface area (Å²) in [5, 5.41) is 0. The Labute approximate surface area is 181 Å². The summed E-state index contributed by atoms with van der Waals surface area (Å²) < 4.78 is 10.3. The highest BCUT2D eigenvalue weighted by atomic mass is 16.5. The Bertz CT molecular complexity index is 865. The van der Waals surface area contributed by atoms with Gasteiger partial charge in [-0.3, -0.25) is 19.3 Å². The number of benzene rings is 1. The maximum atomic E-state index is 12.9. The van der Waals surface area contributed by atoms with Crippen LogP contribution in [-0.2, 0) is 25.7 Å². The summed E-state index contributed by atoms with van der Waals surface area (Å²) >= 11 is 0. The van der Waals surface area contributed by atoms with Gasteiger partial charge in [0.15, 0.2) is 6.61 Å². The maximum absolute atomic E-state index is 12.9. The number of hydrogen-bond donors (Lipinski definition) is 0. The summed E-state index contributed by atoms with van der Waals surface area (Å²) in [6.07, 6.45) is 3.98. The molecule has 9 heteroatoms. The van der Waals surface area contributed by atoms with Crippen molar-refractivity contribution in [3.63, 3.8) is 0 Å². The highest BCUT2D eigenvalue weighted by Crippen LogP contribution is 2.39. The molecule has 0 bridgehead atoms. The van der Waals surface area contributed by atoms with Crippen LogP contribution in [0.3, 0.4) is 0 Å². The molecule has 0 atom stereocenters. The fourth-order valence-electron chi connectivity index (χ4n) is 4.28. The van der Waals surface area contributed by atoms with Gasteiger partial charge in [0.1, 0.15) is 17.8 Å². The van der Waals surface area contributed by atoms with Crippen molar-refractivity contribution in [1.82, 2.24) is 14.7 Å². The number of nitrogens with zero attached hydrogens (tertiary/aromatic N) is 3.